The number of carbonyl (C=O) groups excluding carboxylic acids is 1. The van der Waals surface area contributed by atoms with Crippen LogP contribution in [0.1, 0.15) is 34.1 Å². The van der Waals surface area contributed by atoms with E-state index in [4.69, 9.17) is 18.9 Å². The van der Waals surface area contributed by atoms with Gasteiger partial charge in [0.05, 0.1) is 20.1 Å². The second-order valence-corrected chi connectivity index (χ2v) is 7.70. The van der Waals surface area contributed by atoms with Crippen LogP contribution in [0.5, 0.6) is 23.0 Å². The smallest absolute Gasteiger partial charge is 0.310 e. The van der Waals surface area contributed by atoms with Gasteiger partial charge in [-0.3, -0.25) is 4.79 Å². The Morgan fingerprint density at radius 2 is 1.58 bits per heavy atom. The van der Waals surface area contributed by atoms with E-state index in [0.29, 0.717) is 11.5 Å². The number of benzene rings is 3. The Bertz CT molecular complexity index is 1140. The van der Waals surface area contributed by atoms with Crippen LogP contribution in [-0.4, -0.2) is 32.1 Å². The first-order valence-corrected chi connectivity index (χ1v) is 10.0. The van der Waals surface area contributed by atoms with Gasteiger partial charge in [-0.25, -0.2) is 0 Å². The molecule has 0 bridgehead atoms. The zero-order valence-electron chi connectivity index (χ0n) is 17.2. The molecule has 3 aromatic rings. The molecule has 0 radical (unpaired) electrons. The summed E-state index contributed by atoms with van der Waals surface area (Å²) in [5.74, 6) is 0.894. The van der Waals surface area contributed by atoms with Crippen LogP contribution in [0.25, 0.3) is 0 Å². The average Bonchev–Trinajstić information content (AvgIpc) is 3.40. The van der Waals surface area contributed by atoms with E-state index in [1.165, 1.54) is 7.11 Å². The second kappa shape index (κ2) is 7.54. The van der Waals surface area contributed by atoms with Crippen molar-refractivity contribution in [1.82, 2.24) is 0 Å². The Morgan fingerprint density at radius 1 is 0.871 bits per heavy atom. The highest BCUT2D eigenvalue weighted by Crippen LogP contribution is 2.54. The number of rotatable bonds is 4. The van der Waals surface area contributed by atoms with Gasteiger partial charge in [0.2, 0.25) is 6.79 Å². The molecule has 0 fully saturated rings. The third kappa shape index (κ3) is 3.15. The van der Waals surface area contributed by atoms with E-state index >= 15 is 0 Å². The quantitative estimate of drug-likeness (QED) is 0.641. The lowest BCUT2D eigenvalue weighted by atomic mass is 9.79. The molecule has 158 valence electrons. The fourth-order valence-corrected chi connectivity index (χ4v) is 4.79. The standard InChI is InChI=1S/C25H22O6/c1-28-17-7-3-14(4-8-17)22-19-12-16(26)6-9-18(19)23(24(22)25(27)29-2)15-5-10-20-21(11-15)31-13-30-20/h3-12,22-24,26H,13H2,1-2H3. The lowest BCUT2D eigenvalue weighted by molar-refractivity contribution is -0.146. The fourth-order valence-electron chi connectivity index (χ4n) is 4.79. The monoisotopic (exact) mass is 418 g/mol. The van der Waals surface area contributed by atoms with Crippen molar-refractivity contribution in [2.24, 2.45) is 5.92 Å². The van der Waals surface area contributed by atoms with E-state index in [0.717, 1.165) is 28.0 Å². The normalized spacial score (nSPS) is 20.9. The van der Waals surface area contributed by atoms with Gasteiger partial charge in [0.25, 0.3) is 0 Å². The van der Waals surface area contributed by atoms with Gasteiger partial charge in [-0.1, -0.05) is 24.3 Å². The molecule has 31 heavy (non-hydrogen) atoms. The molecule has 3 atom stereocenters. The van der Waals surface area contributed by atoms with Gasteiger partial charge in [0.1, 0.15) is 11.5 Å². The van der Waals surface area contributed by atoms with Crippen molar-refractivity contribution in [3.8, 4) is 23.0 Å². The molecular formula is C25H22O6. The molecule has 0 amide bonds. The van der Waals surface area contributed by atoms with Gasteiger partial charge in [0, 0.05) is 11.8 Å². The van der Waals surface area contributed by atoms with E-state index in [-0.39, 0.29) is 30.3 Å². The van der Waals surface area contributed by atoms with Crippen LogP contribution in [-0.2, 0) is 9.53 Å². The Balaban J connectivity index is 1.69. The summed E-state index contributed by atoms with van der Waals surface area (Å²) in [5.41, 5.74) is 3.77. The summed E-state index contributed by atoms with van der Waals surface area (Å²) in [6.07, 6.45) is 0. The van der Waals surface area contributed by atoms with Gasteiger partial charge in [-0.2, -0.15) is 0 Å². The van der Waals surface area contributed by atoms with E-state index in [1.54, 1.807) is 19.2 Å². The van der Waals surface area contributed by atoms with Crippen molar-refractivity contribution in [3.63, 3.8) is 0 Å². The van der Waals surface area contributed by atoms with Gasteiger partial charge in [-0.15, -0.1) is 0 Å². The number of hydrogen-bond donors (Lipinski definition) is 1. The first-order valence-electron chi connectivity index (χ1n) is 10.0. The van der Waals surface area contributed by atoms with Gasteiger partial charge in [0.15, 0.2) is 11.5 Å². The number of aromatic hydroxyl groups is 1. The molecule has 0 saturated carbocycles. The minimum Gasteiger partial charge on any atom is -0.508 e. The van der Waals surface area contributed by atoms with Gasteiger partial charge in [-0.05, 0) is 58.7 Å². The SMILES string of the molecule is COC(=O)C1C(c2ccc3c(c2)OCO3)c2ccc(O)cc2C1c1ccc(OC)cc1. The molecule has 0 aromatic heterocycles. The van der Waals surface area contributed by atoms with Crippen LogP contribution in [0, 0.1) is 5.92 Å². The molecule has 3 unspecified atom stereocenters. The minimum atomic E-state index is -0.504. The third-order valence-electron chi connectivity index (χ3n) is 6.16. The zero-order chi connectivity index (χ0) is 21.5. The highest BCUT2D eigenvalue weighted by atomic mass is 16.7. The lowest BCUT2D eigenvalue weighted by Crippen LogP contribution is -2.25. The van der Waals surface area contributed by atoms with Crippen molar-refractivity contribution >= 4 is 5.97 Å². The number of hydrogen-bond acceptors (Lipinski definition) is 6. The Kier molecular flexibility index (Phi) is 4.70. The summed E-state index contributed by atoms with van der Waals surface area (Å²) in [7, 11) is 3.02. The van der Waals surface area contributed by atoms with Gasteiger partial charge < -0.3 is 24.1 Å². The minimum absolute atomic E-state index is 0.159. The Hall–Kier alpha value is -3.67. The number of fused-ring (bicyclic) bond motifs is 2. The van der Waals surface area contributed by atoms with Crippen molar-refractivity contribution in [2.45, 2.75) is 11.8 Å². The third-order valence-corrected chi connectivity index (χ3v) is 6.16. The molecular weight excluding hydrogens is 396 g/mol. The van der Waals surface area contributed by atoms with Crippen LogP contribution in [0.4, 0.5) is 0 Å². The molecule has 1 heterocycles. The van der Waals surface area contributed by atoms with E-state index < -0.39 is 5.92 Å². The second-order valence-electron chi connectivity index (χ2n) is 7.70. The van der Waals surface area contributed by atoms with Crippen LogP contribution < -0.4 is 14.2 Å². The topological polar surface area (TPSA) is 74.2 Å². The van der Waals surface area contributed by atoms with Crippen molar-refractivity contribution in [1.29, 1.82) is 0 Å². The Labute approximate surface area is 179 Å². The molecule has 3 aromatic carbocycles. The number of esters is 1. The summed E-state index contributed by atoms with van der Waals surface area (Å²) in [6.45, 7) is 0.183. The summed E-state index contributed by atoms with van der Waals surface area (Å²) in [4.78, 5) is 13.1. The first kappa shape index (κ1) is 19.3. The Morgan fingerprint density at radius 3 is 2.32 bits per heavy atom. The highest BCUT2D eigenvalue weighted by molar-refractivity contribution is 5.79. The maximum atomic E-state index is 13.1. The number of phenols is 1. The predicted octanol–water partition coefficient (Wildman–Crippen LogP) is 4.20. The van der Waals surface area contributed by atoms with Crippen molar-refractivity contribution < 1.29 is 28.8 Å². The largest absolute Gasteiger partial charge is 0.508 e. The van der Waals surface area contributed by atoms with Crippen LogP contribution >= 0.6 is 0 Å². The molecule has 0 spiro atoms. The lowest BCUT2D eigenvalue weighted by Gasteiger charge is -2.24. The number of carbonyl (C=O) groups is 1. The van der Waals surface area contributed by atoms with Crippen LogP contribution in [0.2, 0.25) is 0 Å². The maximum Gasteiger partial charge on any atom is 0.310 e. The molecule has 5 rings (SSSR count). The maximum absolute atomic E-state index is 13.1. The van der Waals surface area contributed by atoms with Crippen molar-refractivity contribution in [2.75, 3.05) is 21.0 Å². The molecule has 6 nitrogen and oxygen atoms in total. The first-order chi connectivity index (χ1) is 15.1. The van der Waals surface area contributed by atoms with Gasteiger partial charge >= 0.3 is 5.97 Å². The van der Waals surface area contributed by atoms with E-state index in [1.807, 2.05) is 48.5 Å². The highest BCUT2D eigenvalue weighted by Gasteiger charge is 2.47. The summed E-state index contributed by atoms with van der Waals surface area (Å²) >= 11 is 0. The summed E-state index contributed by atoms with van der Waals surface area (Å²) < 4.78 is 21.6. The van der Waals surface area contributed by atoms with Crippen LogP contribution in [0.3, 0.4) is 0 Å². The molecule has 1 aliphatic heterocycles. The molecule has 6 heteroatoms. The molecule has 0 saturated heterocycles. The predicted molar refractivity (Wildman–Crippen MR) is 113 cm³/mol. The summed E-state index contributed by atoms with van der Waals surface area (Å²) in [6, 6.07) is 18.7. The number of methoxy groups -OCH3 is 2. The fraction of sp³-hybridized carbons (Fsp3) is 0.240. The number of phenolic OH excluding ortho intramolecular Hbond substituents is 1. The molecule has 1 N–H and O–H groups in total. The van der Waals surface area contributed by atoms with Crippen LogP contribution in [0.15, 0.2) is 60.7 Å². The van der Waals surface area contributed by atoms with Crippen molar-refractivity contribution in [3.05, 3.63) is 82.9 Å². The zero-order valence-corrected chi connectivity index (χ0v) is 17.2. The molecule has 1 aliphatic carbocycles. The average molecular weight is 418 g/mol. The molecule has 2 aliphatic rings. The van der Waals surface area contributed by atoms with E-state index in [9.17, 15) is 9.90 Å². The number of ether oxygens (including phenoxy) is 4. The summed E-state index contributed by atoms with van der Waals surface area (Å²) in [5, 5.41) is 10.2. The van der Waals surface area contributed by atoms with E-state index in [2.05, 4.69) is 0 Å².